The minimum Gasteiger partial charge on any atom is -0.397 e. The van der Waals surface area contributed by atoms with Gasteiger partial charge in [0, 0.05) is 16.2 Å². The molecule has 0 aromatic heterocycles. The maximum absolute atomic E-state index is 6.04. The lowest BCUT2D eigenvalue weighted by molar-refractivity contribution is 0.631. The molecule has 0 heterocycles. The summed E-state index contributed by atoms with van der Waals surface area (Å²) in [5, 5.41) is 0. The van der Waals surface area contributed by atoms with E-state index in [9.17, 15) is 0 Å². The maximum atomic E-state index is 6.04. The van der Waals surface area contributed by atoms with Crippen LogP contribution in [0.25, 0.3) is 0 Å². The topological polar surface area (TPSA) is 29.3 Å². The molecule has 0 saturated heterocycles. The third-order valence-electron chi connectivity index (χ3n) is 2.76. The second-order valence-electron chi connectivity index (χ2n) is 3.75. The van der Waals surface area contributed by atoms with Crippen molar-refractivity contribution in [2.45, 2.75) is 33.2 Å². The Bertz CT molecular complexity index is 325. The van der Waals surface area contributed by atoms with Crippen molar-refractivity contribution in [1.82, 2.24) is 0 Å². The summed E-state index contributed by atoms with van der Waals surface area (Å²) in [6.45, 7) is 7.61. The van der Waals surface area contributed by atoms with Gasteiger partial charge in [0.05, 0.1) is 11.4 Å². The van der Waals surface area contributed by atoms with Crippen LogP contribution in [0.3, 0.4) is 0 Å². The lowest BCUT2D eigenvalue weighted by atomic mass is 10.1. The minimum absolute atomic E-state index is 0.539. The molecule has 2 N–H and O–H groups in total. The Morgan fingerprint density at radius 1 is 1.40 bits per heavy atom. The summed E-state index contributed by atoms with van der Waals surface area (Å²) >= 11 is 2.29. The monoisotopic (exact) mass is 318 g/mol. The Morgan fingerprint density at radius 2 is 2.07 bits per heavy atom. The molecule has 84 valence electrons. The molecule has 3 heteroatoms. The molecule has 1 aromatic carbocycles. The molecule has 0 aliphatic heterocycles. The highest BCUT2D eigenvalue weighted by Crippen LogP contribution is 2.27. The highest BCUT2D eigenvalue weighted by Gasteiger charge is 2.13. The van der Waals surface area contributed by atoms with Gasteiger partial charge in [0.1, 0.15) is 0 Å². The molecule has 1 rings (SSSR count). The fourth-order valence-corrected chi connectivity index (χ4v) is 2.24. The third kappa shape index (κ3) is 3.00. The van der Waals surface area contributed by atoms with Crippen LogP contribution in [-0.2, 0) is 0 Å². The predicted molar refractivity (Wildman–Crippen MR) is 76.3 cm³/mol. The first-order chi connectivity index (χ1) is 7.10. The SMILES string of the molecule is CCC(C)N(CC)c1ccc(I)cc1N. The van der Waals surface area contributed by atoms with Crippen molar-refractivity contribution < 1.29 is 0 Å². The van der Waals surface area contributed by atoms with E-state index in [1.54, 1.807) is 0 Å². The highest BCUT2D eigenvalue weighted by molar-refractivity contribution is 14.1. The molecule has 1 atom stereocenters. The number of hydrogen-bond donors (Lipinski definition) is 1. The molecule has 0 fully saturated rings. The molecule has 1 aromatic rings. The zero-order valence-corrected chi connectivity index (χ0v) is 11.8. The largest absolute Gasteiger partial charge is 0.397 e. The summed E-state index contributed by atoms with van der Waals surface area (Å²) in [7, 11) is 0. The molecule has 15 heavy (non-hydrogen) atoms. The number of halogens is 1. The van der Waals surface area contributed by atoms with Crippen LogP contribution in [0.5, 0.6) is 0 Å². The normalized spacial score (nSPS) is 12.5. The van der Waals surface area contributed by atoms with E-state index in [0.29, 0.717) is 6.04 Å². The van der Waals surface area contributed by atoms with E-state index in [4.69, 9.17) is 5.73 Å². The van der Waals surface area contributed by atoms with Crippen molar-refractivity contribution in [3.8, 4) is 0 Å². The molecule has 0 spiro atoms. The summed E-state index contributed by atoms with van der Waals surface area (Å²) in [4.78, 5) is 2.35. The zero-order valence-electron chi connectivity index (χ0n) is 9.63. The van der Waals surface area contributed by atoms with Crippen LogP contribution < -0.4 is 10.6 Å². The quantitative estimate of drug-likeness (QED) is 0.680. The van der Waals surface area contributed by atoms with E-state index >= 15 is 0 Å². The van der Waals surface area contributed by atoms with Crippen molar-refractivity contribution >= 4 is 34.0 Å². The van der Waals surface area contributed by atoms with Crippen LogP contribution >= 0.6 is 22.6 Å². The average molecular weight is 318 g/mol. The summed E-state index contributed by atoms with van der Waals surface area (Å²) in [6, 6.07) is 6.79. The Labute approximate surface area is 106 Å². The minimum atomic E-state index is 0.539. The second kappa shape index (κ2) is 5.58. The van der Waals surface area contributed by atoms with Gasteiger partial charge in [-0.05, 0) is 61.1 Å². The van der Waals surface area contributed by atoms with Gasteiger partial charge >= 0.3 is 0 Å². The molecule has 2 nitrogen and oxygen atoms in total. The van der Waals surface area contributed by atoms with E-state index in [-0.39, 0.29) is 0 Å². The Balaban J connectivity index is 3.01. The molecular weight excluding hydrogens is 299 g/mol. The molecule has 0 amide bonds. The van der Waals surface area contributed by atoms with E-state index in [2.05, 4.69) is 60.4 Å². The van der Waals surface area contributed by atoms with Crippen LogP contribution in [0.15, 0.2) is 18.2 Å². The number of anilines is 2. The summed E-state index contributed by atoms with van der Waals surface area (Å²) < 4.78 is 1.19. The van der Waals surface area contributed by atoms with Gasteiger partial charge in [-0.3, -0.25) is 0 Å². The number of nitrogens with zero attached hydrogens (tertiary/aromatic N) is 1. The van der Waals surface area contributed by atoms with Gasteiger partial charge in [-0.25, -0.2) is 0 Å². The van der Waals surface area contributed by atoms with Crippen molar-refractivity contribution in [3.63, 3.8) is 0 Å². The van der Waals surface area contributed by atoms with Crippen molar-refractivity contribution in [3.05, 3.63) is 21.8 Å². The first-order valence-electron chi connectivity index (χ1n) is 5.41. The van der Waals surface area contributed by atoms with Gasteiger partial charge in [0.25, 0.3) is 0 Å². The fourth-order valence-electron chi connectivity index (χ4n) is 1.73. The van der Waals surface area contributed by atoms with Crippen LogP contribution in [0.2, 0.25) is 0 Å². The van der Waals surface area contributed by atoms with Gasteiger partial charge in [-0.2, -0.15) is 0 Å². The van der Waals surface area contributed by atoms with E-state index < -0.39 is 0 Å². The van der Waals surface area contributed by atoms with Crippen LogP contribution in [0.1, 0.15) is 27.2 Å². The Hall–Kier alpha value is -0.450. The van der Waals surface area contributed by atoms with Crippen LogP contribution in [-0.4, -0.2) is 12.6 Å². The lowest BCUT2D eigenvalue weighted by Gasteiger charge is -2.30. The summed E-state index contributed by atoms with van der Waals surface area (Å²) in [5.74, 6) is 0. The molecule has 0 aliphatic rings. The first kappa shape index (κ1) is 12.6. The van der Waals surface area contributed by atoms with Gasteiger partial charge in [0.15, 0.2) is 0 Å². The zero-order chi connectivity index (χ0) is 11.4. The van der Waals surface area contributed by atoms with Gasteiger partial charge in [-0.15, -0.1) is 0 Å². The number of nitrogens with two attached hydrogens (primary N) is 1. The lowest BCUT2D eigenvalue weighted by Crippen LogP contribution is -2.32. The highest BCUT2D eigenvalue weighted by atomic mass is 127. The van der Waals surface area contributed by atoms with Crippen LogP contribution in [0.4, 0.5) is 11.4 Å². The Kier molecular flexibility index (Phi) is 4.70. The second-order valence-corrected chi connectivity index (χ2v) is 4.99. The smallest absolute Gasteiger partial charge is 0.0602 e. The molecule has 0 saturated carbocycles. The predicted octanol–water partition coefficient (Wildman–Crippen LogP) is 3.50. The average Bonchev–Trinajstić information content (AvgIpc) is 2.21. The molecule has 0 bridgehead atoms. The summed E-state index contributed by atoms with van der Waals surface area (Å²) in [5.41, 5.74) is 8.08. The molecule has 0 radical (unpaired) electrons. The fraction of sp³-hybridized carbons (Fsp3) is 0.500. The van der Waals surface area contributed by atoms with Crippen molar-refractivity contribution in [2.24, 2.45) is 0 Å². The Morgan fingerprint density at radius 3 is 2.53 bits per heavy atom. The third-order valence-corrected chi connectivity index (χ3v) is 3.43. The van der Waals surface area contributed by atoms with Gasteiger partial charge in [-0.1, -0.05) is 6.92 Å². The molecular formula is C12H19IN2. The van der Waals surface area contributed by atoms with Crippen molar-refractivity contribution in [1.29, 1.82) is 0 Å². The standard InChI is InChI=1S/C12H19IN2/c1-4-9(3)15(5-2)12-7-6-10(13)8-11(12)14/h6-9H,4-5,14H2,1-3H3. The number of benzene rings is 1. The van der Waals surface area contributed by atoms with Gasteiger partial charge < -0.3 is 10.6 Å². The van der Waals surface area contributed by atoms with E-state index in [1.807, 2.05) is 6.07 Å². The van der Waals surface area contributed by atoms with Gasteiger partial charge in [0.2, 0.25) is 0 Å². The first-order valence-corrected chi connectivity index (χ1v) is 6.49. The van der Waals surface area contributed by atoms with E-state index in [0.717, 1.165) is 24.3 Å². The van der Waals surface area contributed by atoms with Crippen molar-refractivity contribution in [2.75, 3.05) is 17.2 Å². The molecule has 1 unspecified atom stereocenters. The number of nitrogen functional groups attached to an aromatic ring is 1. The number of hydrogen-bond acceptors (Lipinski definition) is 2. The van der Waals surface area contributed by atoms with Crippen LogP contribution in [0, 0.1) is 3.57 Å². The van der Waals surface area contributed by atoms with E-state index in [1.165, 1.54) is 3.57 Å². The summed E-state index contributed by atoms with van der Waals surface area (Å²) in [6.07, 6.45) is 1.14. The molecule has 0 aliphatic carbocycles. The maximum Gasteiger partial charge on any atom is 0.0602 e. The number of rotatable bonds is 4.